The lowest BCUT2D eigenvalue weighted by Crippen LogP contribution is -2.41. The molecule has 0 atom stereocenters. The third-order valence-corrected chi connectivity index (χ3v) is 7.63. The van der Waals surface area contributed by atoms with E-state index in [-0.39, 0.29) is 24.0 Å². The fraction of sp³-hybridized carbons (Fsp3) is 0.480. The van der Waals surface area contributed by atoms with Crippen LogP contribution < -0.4 is 9.64 Å². The van der Waals surface area contributed by atoms with Gasteiger partial charge in [-0.1, -0.05) is 0 Å². The molecule has 1 aliphatic heterocycles. The van der Waals surface area contributed by atoms with E-state index in [0.29, 0.717) is 41.2 Å². The Morgan fingerprint density at radius 3 is 2.50 bits per heavy atom. The molecular formula is C25H31N7O5S. The van der Waals surface area contributed by atoms with Gasteiger partial charge in [0.1, 0.15) is 40.9 Å². The Kier molecular flexibility index (Phi) is 7.31. The van der Waals surface area contributed by atoms with Crippen LogP contribution in [0.2, 0.25) is 0 Å². The smallest absolute Gasteiger partial charge is 0.442 e. The highest BCUT2D eigenvalue weighted by Gasteiger charge is 2.25. The van der Waals surface area contributed by atoms with Gasteiger partial charge in [-0.2, -0.15) is 10.4 Å². The number of hydrogen-bond acceptors (Lipinski definition) is 10. The van der Waals surface area contributed by atoms with Crippen molar-refractivity contribution >= 4 is 27.2 Å². The number of nitrogens with zero attached hydrogens (tertiary/aromatic N) is 7. The van der Waals surface area contributed by atoms with Crippen LogP contribution in [0.4, 0.5) is 10.6 Å². The molecule has 3 aromatic rings. The average molecular weight is 542 g/mol. The summed E-state index contributed by atoms with van der Waals surface area (Å²) < 4.78 is 29.3. The molecule has 0 unspecified atom stereocenters. The van der Waals surface area contributed by atoms with Gasteiger partial charge in [0.25, 0.3) is 0 Å². The highest BCUT2D eigenvalue weighted by molar-refractivity contribution is 7.94. The minimum absolute atomic E-state index is 0.0207. The molecule has 1 fully saturated rings. The Morgan fingerprint density at radius 2 is 1.92 bits per heavy atom. The number of fused-ring (bicyclic) bond motifs is 1. The molecule has 202 valence electrons. The zero-order valence-electron chi connectivity index (χ0n) is 22.0. The van der Waals surface area contributed by atoms with Gasteiger partial charge in [0.15, 0.2) is 0 Å². The number of anilines is 1. The number of rotatable bonds is 5. The van der Waals surface area contributed by atoms with Crippen molar-refractivity contribution < 1.29 is 23.6 Å². The predicted octanol–water partition coefficient (Wildman–Crippen LogP) is 3.04. The zero-order chi connectivity index (χ0) is 27.7. The second-order valence-corrected chi connectivity index (χ2v) is 13.2. The molecule has 1 aliphatic rings. The molecule has 1 N–H and O–H groups in total. The van der Waals surface area contributed by atoms with Crippen LogP contribution in [-0.4, -0.2) is 77.4 Å². The summed E-state index contributed by atoms with van der Waals surface area (Å²) in [5.74, 6) is 1.36. The molecule has 1 saturated heterocycles. The number of pyridine rings is 1. The van der Waals surface area contributed by atoms with E-state index in [1.54, 1.807) is 47.0 Å². The Balaban J connectivity index is 1.55. The molecule has 0 radical (unpaired) electrons. The first-order valence-electron chi connectivity index (χ1n) is 12.1. The van der Waals surface area contributed by atoms with Crippen LogP contribution >= 0.6 is 0 Å². The molecule has 0 bridgehead atoms. The zero-order valence-corrected chi connectivity index (χ0v) is 22.9. The molecule has 13 heteroatoms. The first kappa shape index (κ1) is 27.3. The van der Waals surface area contributed by atoms with Crippen molar-refractivity contribution in [3.05, 3.63) is 36.3 Å². The SMILES string of the molecule is CC(C)(O)COc1cn2ncc(C#N)c2c(-c2ccc(N3CCS(=O)(=NC(=O)OC(C)(C)C)CC3)nc2)n1. The maximum atomic E-state index is 13.0. The molecule has 38 heavy (non-hydrogen) atoms. The monoisotopic (exact) mass is 541 g/mol. The Labute approximate surface area is 221 Å². The van der Waals surface area contributed by atoms with Crippen molar-refractivity contribution in [2.24, 2.45) is 4.36 Å². The maximum Gasteiger partial charge on any atom is 0.442 e. The molecule has 3 aromatic heterocycles. The second kappa shape index (κ2) is 10.2. The predicted molar refractivity (Wildman–Crippen MR) is 141 cm³/mol. The van der Waals surface area contributed by atoms with Gasteiger partial charge in [-0.05, 0) is 46.8 Å². The Morgan fingerprint density at radius 1 is 1.21 bits per heavy atom. The maximum absolute atomic E-state index is 13.0. The number of aliphatic hydroxyl groups is 1. The lowest BCUT2D eigenvalue weighted by atomic mass is 10.1. The third kappa shape index (κ3) is 6.56. The molecule has 0 saturated carbocycles. The van der Waals surface area contributed by atoms with E-state index in [4.69, 9.17) is 9.47 Å². The van der Waals surface area contributed by atoms with Gasteiger partial charge < -0.3 is 19.5 Å². The molecule has 0 spiro atoms. The van der Waals surface area contributed by atoms with E-state index in [1.165, 1.54) is 10.7 Å². The van der Waals surface area contributed by atoms with E-state index in [1.807, 2.05) is 17.0 Å². The van der Waals surface area contributed by atoms with E-state index in [0.717, 1.165) is 0 Å². The molecule has 0 aromatic carbocycles. The van der Waals surface area contributed by atoms with Crippen molar-refractivity contribution in [2.75, 3.05) is 36.1 Å². The number of aromatic nitrogens is 4. The minimum Gasteiger partial charge on any atom is -0.474 e. The number of amides is 1. The second-order valence-electron chi connectivity index (χ2n) is 10.6. The standard InChI is InChI=1S/C25H31N7O5S/c1-24(2,3)37-23(33)30-38(35)10-8-31(9-11-38)19-7-6-17(13-27-19)21-22-18(12-26)14-28-32(22)15-20(29-21)36-16-25(4,5)34/h6-7,13-15,34H,8-11,16H2,1-5H3. The van der Waals surface area contributed by atoms with Crippen LogP contribution in [0, 0.1) is 11.3 Å². The van der Waals surface area contributed by atoms with Crippen molar-refractivity contribution in [3.8, 4) is 23.2 Å². The van der Waals surface area contributed by atoms with Crippen LogP contribution in [-0.2, 0) is 14.5 Å². The Hall–Kier alpha value is -3.76. The van der Waals surface area contributed by atoms with Crippen LogP contribution in [0.1, 0.15) is 40.2 Å². The molecule has 1 amide bonds. The summed E-state index contributed by atoms with van der Waals surface area (Å²) >= 11 is 0. The van der Waals surface area contributed by atoms with Crippen molar-refractivity contribution in [2.45, 2.75) is 45.8 Å². The largest absolute Gasteiger partial charge is 0.474 e. The summed E-state index contributed by atoms with van der Waals surface area (Å²) in [6, 6.07) is 5.78. The summed E-state index contributed by atoms with van der Waals surface area (Å²) in [6.45, 7) is 9.31. The number of nitriles is 1. The van der Waals surface area contributed by atoms with Gasteiger partial charge in [0, 0.05) is 24.8 Å². The van der Waals surface area contributed by atoms with Gasteiger partial charge >= 0.3 is 6.09 Å². The van der Waals surface area contributed by atoms with E-state index in [2.05, 4.69) is 25.5 Å². The van der Waals surface area contributed by atoms with E-state index in [9.17, 15) is 19.4 Å². The molecule has 4 heterocycles. The first-order chi connectivity index (χ1) is 17.8. The quantitative estimate of drug-likeness (QED) is 0.509. The van der Waals surface area contributed by atoms with Gasteiger partial charge in [0.05, 0.1) is 39.2 Å². The fourth-order valence-electron chi connectivity index (χ4n) is 3.77. The van der Waals surface area contributed by atoms with Gasteiger partial charge in [0.2, 0.25) is 5.88 Å². The van der Waals surface area contributed by atoms with E-state index < -0.39 is 27.0 Å². The summed E-state index contributed by atoms with van der Waals surface area (Å²) in [7, 11) is -2.70. The summed E-state index contributed by atoms with van der Waals surface area (Å²) in [5, 5.41) is 23.8. The number of ether oxygens (including phenoxy) is 2. The summed E-state index contributed by atoms with van der Waals surface area (Å²) in [5.41, 5.74) is 0.216. The number of carbonyl (C=O) groups excluding carboxylic acids is 1. The van der Waals surface area contributed by atoms with Crippen molar-refractivity contribution in [3.63, 3.8) is 0 Å². The molecule has 12 nitrogen and oxygen atoms in total. The van der Waals surface area contributed by atoms with Crippen LogP contribution in [0.5, 0.6) is 5.88 Å². The van der Waals surface area contributed by atoms with Crippen molar-refractivity contribution in [1.29, 1.82) is 5.26 Å². The normalized spacial score (nSPS) is 15.7. The fourth-order valence-corrected chi connectivity index (χ4v) is 5.47. The summed E-state index contributed by atoms with van der Waals surface area (Å²) in [6.07, 6.45) is 3.85. The molecule has 0 aliphatic carbocycles. The molecule has 4 rings (SSSR count). The number of hydrogen-bond donors (Lipinski definition) is 1. The minimum atomic E-state index is -2.70. The van der Waals surface area contributed by atoms with Gasteiger partial charge in [-0.3, -0.25) is 0 Å². The van der Waals surface area contributed by atoms with Crippen LogP contribution in [0.3, 0.4) is 0 Å². The molecular weight excluding hydrogens is 510 g/mol. The first-order valence-corrected chi connectivity index (χ1v) is 13.9. The van der Waals surface area contributed by atoms with Gasteiger partial charge in [-0.15, -0.1) is 4.36 Å². The lowest BCUT2D eigenvalue weighted by molar-refractivity contribution is 0.0267. The third-order valence-electron chi connectivity index (χ3n) is 5.51. The van der Waals surface area contributed by atoms with Gasteiger partial charge in [-0.25, -0.2) is 23.5 Å². The highest BCUT2D eigenvalue weighted by Crippen LogP contribution is 2.29. The van der Waals surface area contributed by atoms with E-state index >= 15 is 0 Å². The topological polar surface area (TPSA) is 155 Å². The Bertz CT molecular complexity index is 1490. The van der Waals surface area contributed by atoms with Crippen molar-refractivity contribution in [1.82, 2.24) is 19.6 Å². The number of carbonyl (C=O) groups is 1. The van der Waals surface area contributed by atoms with Crippen LogP contribution in [0.15, 0.2) is 35.1 Å². The summed E-state index contributed by atoms with van der Waals surface area (Å²) in [4.78, 5) is 23.2. The highest BCUT2D eigenvalue weighted by atomic mass is 32.2. The lowest BCUT2D eigenvalue weighted by Gasteiger charge is -2.29. The average Bonchev–Trinajstić information content (AvgIpc) is 3.24. The van der Waals surface area contributed by atoms with Crippen LogP contribution in [0.25, 0.3) is 16.8 Å².